The highest BCUT2D eigenvalue weighted by Gasteiger charge is 2.32. The Labute approximate surface area is 206 Å². The van der Waals surface area contributed by atoms with Gasteiger partial charge in [0.15, 0.2) is 11.6 Å². The maximum atomic E-state index is 13.6. The Bertz CT molecular complexity index is 1350. The molecule has 0 unspecified atom stereocenters. The summed E-state index contributed by atoms with van der Waals surface area (Å²) >= 11 is 0. The molecule has 2 aromatic carbocycles. The Morgan fingerprint density at radius 1 is 0.886 bits per heavy atom. The Morgan fingerprint density at radius 3 is 2.11 bits per heavy atom. The molecule has 1 saturated heterocycles. The molecule has 2 aliphatic heterocycles. The van der Waals surface area contributed by atoms with Crippen molar-refractivity contribution in [2.45, 2.75) is 31.6 Å². The fourth-order valence-corrected chi connectivity index (χ4v) is 6.85. The van der Waals surface area contributed by atoms with E-state index >= 15 is 0 Å². The quantitative estimate of drug-likeness (QED) is 0.552. The predicted octanol–water partition coefficient (Wildman–Crippen LogP) is 3.78. The van der Waals surface area contributed by atoms with E-state index < -0.39 is 10.0 Å². The van der Waals surface area contributed by atoms with Crippen molar-refractivity contribution in [3.05, 3.63) is 54.1 Å². The van der Waals surface area contributed by atoms with Gasteiger partial charge >= 0.3 is 0 Å². The van der Waals surface area contributed by atoms with Gasteiger partial charge in [-0.25, -0.2) is 18.4 Å². The minimum absolute atomic E-state index is 0.213. The number of fused-ring (bicyclic) bond motifs is 2. The molecule has 0 spiro atoms. The van der Waals surface area contributed by atoms with Crippen molar-refractivity contribution in [1.29, 1.82) is 0 Å². The number of rotatable bonds is 3. The topological polar surface area (TPSA) is 86.7 Å². The normalized spacial score (nSPS) is 21.6. The Balaban J connectivity index is 1.45. The molecule has 0 aliphatic carbocycles. The van der Waals surface area contributed by atoms with Crippen LogP contribution in [0, 0.1) is 11.8 Å². The van der Waals surface area contributed by atoms with Gasteiger partial charge in [-0.1, -0.05) is 26.0 Å². The van der Waals surface area contributed by atoms with Crippen molar-refractivity contribution in [3.63, 3.8) is 0 Å². The third-order valence-electron chi connectivity index (χ3n) is 6.85. The first kappa shape index (κ1) is 23.7. The number of aromatic nitrogens is 2. The van der Waals surface area contributed by atoms with Gasteiger partial charge in [0.25, 0.3) is 5.91 Å². The van der Waals surface area contributed by atoms with Crippen LogP contribution in [0.15, 0.2) is 53.4 Å². The van der Waals surface area contributed by atoms with Crippen molar-refractivity contribution in [1.82, 2.24) is 14.3 Å². The first-order chi connectivity index (χ1) is 16.7. The Morgan fingerprint density at radius 2 is 1.49 bits per heavy atom. The highest BCUT2D eigenvalue weighted by Crippen LogP contribution is 2.32. The number of nitrogens with zero attached hydrogens (tertiary/aromatic N) is 5. The number of piperidine rings is 1. The van der Waals surface area contributed by atoms with Gasteiger partial charge in [-0.15, -0.1) is 0 Å². The number of anilines is 2. The third-order valence-corrected chi connectivity index (χ3v) is 8.69. The number of hydrogen-bond acceptors (Lipinski definition) is 6. The lowest BCUT2D eigenvalue weighted by Gasteiger charge is -2.34. The molecule has 0 radical (unpaired) electrons. The van der Waals surface area contributed by atoms with Crippen molar-refractivity contribution >= 4 is 38.6 Å². The second-order valence-corrected chi connectivity index (χ2v) is 11.8. The minimum atomic E-state index is -3.60. The molecule has 2 atom stereocenters. The van der Waals surface area contributed by atoms with E-state index in [9.17, 15) is 13.2 Å². The zero-order valence-corrected chi connectivity index (χ0v) is 21.2. The molecule has 0 bridgehead atoms. The van der Waals surface area contributed by atoms with E-state index in [0.717, 1.165) is 30.4 Å². The van der Waals surface area contributed by atoms with Crippen LogP contribution < -0.4 is 9.80 Å². The van der Waals surface area contributed by atoms with E-state index in [2.05, 4.69) is 13.8 Å². The lowest BCUT2D eigenvalue weighted by atomic mass is 9.94. The maximum Gasteiger partial charge on any atom is 0.259 e. The van der Waals surface area contributed by atoms with Gasteiger partial charge in [-0.05, 0) is 61.1 Å². The zero-order valence-electron chi connectivity index (χ0n) is 20.4. The second-order valence-electron chi connectivity index (χ2n) is 9.88. The fourth-order valence-electron chi connectivity index (χ4n) is 5.17. The number of para-hydroxylation sites is 2. The zero-order chi connectivity index (χ0) is 24.7. The molecule has 1 aromatic heterocycles. The van der Waals surface area contributed by atoms with Crippen molar-refractivity contribution in [3.8, 4) is 0 Å². The van der Waals surface area contributed by atoms with Crippen molar-refractivity contribution in [2.75, 3.05) is 43.0 Å². The molecule has 1 fully saturated rings. The minimum Gasteiger partial charge on any atom is -0.357 e. The average Bonchev–Trinajstić information content (AvgIpc) is 3.00. The standard InChI is InChI=1S/C26H31N5O3S/c1-18-15-19(2)17-30(16-18)35(33,34)21-11-9-20(10-12-21)26(32)31-14-6-13-29(3)24-25(31)28-23-8-5-4-7-22(23)27-24/h4-5,7-12,18-19H,6,13-17H2,1-3H3/t18-,19-/m1/s1. The number of carbonyl (C=O) groups is 1. The summed E-state index contributed by atoms with van der Waals surface area (Å²) in [5, 5.41) is 0. The van der Waals surface area contributed by atoms with Gasteiger partial charge in [-0.3, -0.25) is 9.69 Å². The monoisotopic (exact) mass is 493 g/mol. The molecule has 2 aliphatic rings. The number of hydrogen-bond donors (Lipinski definition) is 0. The first-order valence-electron chi connectivity index (χ1n) is 12.1. The molecular formula is C26H31N5O3S. The molecule has 1 amide bonds. The summed E-state index contributed by atoms with van der Waals surface area (Å²) in [6, 6.07) is 13.9. The van der Waals surface area contributed by atoms with E-state index in [0.29, 0.717) is 48.7 Å². The molecule has 5 rings (SSSR count). The number of benzene rings is 2. The average molecular weight is 494 g/mol. The van der Waals surface area contributed by atoms with Gasteiger partial charge in [0.2, 0.25) is 10.0 Å². The molecule has 8 nitrogen and oxygen atoms in total. The summed E-state index contributed by atoms with van der Waals surface area (Å²) in [5.41, 5.74) is 1.93. The molecular weight excluding hydrogens is 462 g/mol. The van der Waals surface area contributed by atoms with Crippen LogP contribution in [0.3, 0.4) is 0 Å². The van der Waals surface area contributed by atoms with Gasteiger partial charge in [0.1, 0.15) is 0 Å². The van der Waals surface area contributed by atoms with Gasteiger partial charge in [0, 0.05) is 38.8 Å². The van der Waals surface area contributed by atoms with E-state index in [1.165, 1.54) is 0 Å². The van der Waals surface area contributed by atoms with Crippen LogP contribution in [0.2, 0.25) is 0 Å². The Kier molecular flexibility index (Phi) is 6.23. The molecule has 9 heteroatoms. The van der Waals surface area contributed by atoms with E-state index in [1.807, 2.05) is 36.2 Å². The summed E-state index contributed by atoms with van der Waals surface area (Å²) in [5.74, 6) is 1.64. The smallest absolute Gasteiger partial charge is 0.259 e. The van der Waals surface area contributed by atoms with E-state index in [-0.39, 0.29) is 10.8 Å². The van der Waals surface area contributed by atoms with Crippen molar-refractivity contribution < 1.29 is 13.2 Å². The van der Waals surface area contributed by atoms with Gasteiger partial charge in [-0.2, -0.15) is 4.31 Å². The lowest BCUT2D eigenvalue weighted by Crippen LogP contribution is -2.42. The summed E-state index contributed by atoms with van der Waals surface area (Å²) < 4.78 is 28.0. The largest absolute Gasteiger partial charge is 0.357 e. The third kappa shape index (κ3) is 4.50. The highest BCUT2D eigenvalue weighted by molar-refractivity contribution is 7.89. The number of carbonyl (C=O) groups excluding carboxylic acids is 1. The first-order valence-corrected chi connectivity index (χ1v) is 13.6. The Hall–Kier alpha value is -3.04. The lowest BCUT2D eigenvalue weighted by molar-refractivity contribution is 0.0986. The SMILES string of the molecule is C[C@@H]1C[C@@H](C)CN(S(=O)(=O)c2ccc(C(=O)N3CCCN(C)c4nc5ccccc5nc43)cc2)C1. The van der Waals surface area contributed by atoms with Crippen LogP contribution in [0.25, 0.3) is 11.0 Å². The molecule has 0 N–H and O–H groups in total. The number of sulfonamides is 1. The summed E-state index contributed by atoms with van der Waals surface area (Å²) in [7, 11) is -1.65. The van der Waals surface area contributed by atoms with Crippen molar-refractivity contribution in [2.24, 2.45) is 11.8 Å². The molecule has 184 valence electrons. The molecule has 35 heavy (non-hydrogen) atoms. The summed E-state index contributed by atoms with van der Waals surface area (Å²) in [4.78, 5) is 27.1. The van der Waals surface area contributed by atoms with Crippen LogP contribution >= 0.6 is 0 Å². The molecule has 3 aromatic rings. The van der Waals surface area contributed by atoms with Crippen LogP contribution in [-0.2, 0) is 10.0 Å². The predicted molar refractivity (Wildman–Crippen MR) is 137 cm³/mol. The van der Waals surface area contributed by atoms with Crippen LogP contribution in [-0.4, -0.2) is 61.8 Å². The van der Waals surface area contributed by atoms with Crippen LogP contribution in [0.5, 0.6) is 0 Å². The van der Waals surface area contributed by atoms with Crippen LogP contribution in [0.1, 0.15) is 37.0 Å². The van der Waals surface area contributed by atoms with E-state index in [1.54, 1.807) is 33.5 Å². The summed E-state index contributed by atoms with van der Waals surface area (Å²) in [6.45, 7) is 6.49. The van der Waals surface area contributed by atoms with Crippen LogP contribution in [0.4, 0.5) is 11.6 Å². The summed E-state index contributed by atoms with van der Waals surface area (Å²) in [6.07, 6.45) is 1.80. The molecule has 0 saturated carbocycles. The fraction of sp³-hybridized carbons (Fsp3) is 0.423. The second kappa shape index (κ2) is 9.20. The number of amides is 1. The maximum absolute atomic E-state index is 13.6. The van der Waals surface area contributed by atoms with Gasteiger partial charge in [0.05, 0.1) is 15.9 Å². The van der Waals surface area contributed by atoms with E-state index in [4.69, 9.17) is 9.97 Å². The van der Waals surface area contributed by atoms with Gasteiger partial charge < -0.3 is 4.90 Å². The highest BCUT2D eigenvalue weighted by atomic mass is 32.2. The molecule has 3 heterocycles.